The summed E-state index contributed by atoms with van der Waals surface area (Å²) in [6, 6.07) is 7.47. The zero-order valence-corrected chi connectivity index (χ0v) is 10.7. The molecule has 1 aromatic carbocycles. The van der Waals surface area contributed by atoms with E-state index in [1.807, 2.05) is 31.2 Å². The minimum atomic E-state index is -0.406. The quantitative estimate of drug-likeness (QED) is 0.858. The standard InChI is InChI=1S/C13H13ClFN3/c1-2-11-12(15)13(17-8-16-11)18-10-5-3-4-9(6-10)7-14/h3-6,8H,2,7H2,1H3,(H,16,17,18). The Morgan fingerprint density at radius 2 is 2.17 bits per heavy atom. The van der Waals surface area contributed by atoms with Gasteiger partial charge in [-0.25, -0.2) is 14.4 Å². The van der Waals surface area contributed by atoms with Crippen molar-refractivity contribution in [2.75, 3.05) is 5.32 Å². The van der Waals surface area contributed by atoms with Crippen LogP contribution < -0.4 is 5.32 Å². The highest BCUT2D eigenvalue weighted by atomic mass is 35.5. The van der Waals surface area contributed by atoms with E-state index in [-0.39, 0.29) is 5.82 Å². The molecular weight excluding hydrogens is 253 g/mol. The average molecular weight is 266 g/mol. The van der Waals surface area contributed by atoms with Crippen LogP contribution in [0.4, 0.5) is 15.9 Å². The Balaban J connectivity index is 2.28. The molecule has 0 atom stereocenters. The van der Waals surface area contributed by atoms with Crippen LogP contribution in [0.1, 0.15) is 18.2 Å². The Bertz CT molecular complexity index is 546. The molecule has 0 aliphatic rings. The maximum atomic E-state index is 13.9. The summed E-state index contributed by atoms with van der Waals surface area (Å²) in [6.07, 6.45) is 1.89. The summed E-state index contributed by atoms with van der Waals surface area (Å²) in [5.41, 5.74) is 2.13. The average Bonchev–Trinajstić information content (AvgIpc) is 2.41. The first-order valence-electron chi connectivity index (χ1n) is 5.66. The van der Waals surface area contributed by atoms with Gasteiger partial charge < -0.3 is 5.32 Å². The van der Waals surface area contributed by atoms with Gasteiger partial charge in [-0.05, 0) is 24.1 Å². The smallest absolute Gasteiger partial charge is 0.187 e. The maximum absolute atomic E-state index is 13.9. The zero-order valence-electron chi connectivity index (χ0n) is 9.95. The van der Waals surface area contributed by atoms with E-state index in [4.69, 9.17) is 11.6 Å². The van der Waals surface area contributed by atoms with Crippen molar-refractivity contribution in [3.8, 4) is 0 Å². The van der Waals surface area contributed by atoms with E-state index in [0.29, 0.717) is 18.0 Å². The van der Waals surface area contributed by atoms with Crippen molar-refractivity contribution in [2.24, 2.45) is 0 Å². The van der Waals surface area contributed by atoms with Gasteiger partial charge >= 0.3 is 0 Å². The van der Waals surface area contributed by atoms with Crippen molar-refractivity contribution < 1.29 is 4.39 Å². The van der Waals surface area contributed by atoms with Crippen LogP contribution >= 0.6 is 11.6 Å². The van der Waals surface area contributed by atoms with Crippen LogP contribution in [-0.4, -0.2) is 9.97 Å². The van der Waals surface area contributed by atoms with Gasteiger partial charge in [0, 0.05) is 11.6 Å². The first-order chi connectivity index (χ1) is 8.74. The number of nitrogens with zero attached hydrogens (tertiary/aromatic N) is 2. The Morgan fingerprint density at radius 1 is 1.33 bits per heavy atom. The minimum absolute atomic E-state index is 0.188. The third kappa shape index (κ3) is 2.76. The van der Waals surface area contributed by atoms with Gasteiger partial charge in [0.15, 0.2) is 11.6 Å². The molecule has 0 fully saturated rings. The van der Waals surface area contributed by atoms with Crippen LogP contribution in [0.3, 0.4) is 0 Å². The zero-order chi connectivity index (χ0) is 13.0. The van der Waals surface area contributed by atoms with E-state index < -0.39 is 5.82 Å². The van der Waals surface area contributed by atoms with Gasteiger partial charge in [-0.15, -0.1) is 11.6 Å². The third-order valence-electron chi connectivity index (χ3n) is 2.54. The lowest BCUT2D eigenvalue weighted by Crippen LogP contribution is -2.02. The monoisotopic (exact) mass is 265 g/mol. The molecule has 2 aromatic rings. The van der Waals surface area contributed by atoms with Crippen molar-refractivity contribution in [3.63, 3.8) is 0 Å². The summed E-state index contributed by atoms with van der Waals surface area (Å²) in [5.74, 6) is 0.201. The number of hydrogen-bond acceptors (Lipinski definition) is 3. The van der Waals surface area contributed by atoms with Gasteiger partial charge in [0.2, 0.25) is 0 Å². The summed E-state index contributed by atoms with van der Waals surface area (Å²) in [5, 5.41) is 2.94. The van der Waals surface area contributed by atoms with Gasteiger partial charge in [-0.2, -0.15) is 0 Å². The Labute approximate surface area is 110 Å². The van der Waals surface area contributed by atoms with Crippen LogP contribution in [0.25, 0.3) is 0 Å². The van der Waals surface area contributed by atoms with Crippen molar-refractivity contribution in [1.82, 2.24) is 9.97 Å². The number of alkyl halides is 1. The lowest BCUT2D eigenvalue weighted by atomic mass is 10.2. The number of rotatable bonds is 4. The molecule has 1 heterocycles. The lowest BCUT2D eigenvalue weighted by molar-refractivity contribution is 0.599. The molecule has 0 amide bonds. The normalized spacial score (nSPS) is 10.4. The fourth-order valence-corrected chi connectivity index (χ4v) is 1.78. The second-order valence-electron chi connectivity index (χ2n) is 3.80. The lowest BCUT2D eigenvalue weighted by Gasteiger charge is -2.08. The number of halogens is 2. The fraction of sp³-hybridized carbons (Fsp3) is 0.231. The molecule has 0 aliphatic carbocycles. The number of aryl methyl sites for hydroxylation is 1. The second-order valence-corrected chi connectivity index (χ2v) is 4.06. The van der Waals surface area contributed by atoms with Gasteiger partial charge in [0.05, 0.1) is 5.69 Å². The second kappa shape index (κ2) is 5.78. The van der Waals surface area contributed by atoms with Crippen molar-refractivity contribution in [2.45, 2.75) is 19.2 Å². The molecule has 1 N–H and O–H groups in total. The Kier molecular flexibility index (Phi) is 4.10. The topological polar surface area (TPSA) is 37.8 Å². The molecule has 0 saturated carbocycles. The molecule has 5 heteroatoms. The molecule has 1 aromatic heterocycles. The number of nitrogens with one attached hydrogen (secondary N) is 1. The van der Waals surface area contributed by atoms with Crippen LogP contribution in [0.15, 0.2) is 30.6 Å². The predicted octanol–water partition coefficient (Wildman–Crippen LogP) is 3.66. The fourth-order valence-electron chi connectivity index (χ4n) is 1.61. The molecule has 2 rings (SSSR count). The molecule has 0 unspecified atom stereocenters. The van der Waals surface area contributed by atoms with E-state index >= 15 is 0 Å². The Hall–Kier alpha value is -1.68. The molecule has 0 aliphatic heterocycles. The van der Waals surface area contributed by atoms with E-state index in [0.717, 1.165) is 11.3 Å². The van der Waals surface area contributed by atoms with Gasteiger partial charge in [-0.3, -0.25) is 0 Å². The first kappa shape index (κ1) is 12.8. The van der Waals surface area contributed by atoms with Crippen LogP contribution in [-0.2, 0) is 12.3 Å². The minimum Gasteiger partial charge on any atom is -0.338 e. The number of hydrogen-bond donors (Lipinski definition) is 1. The number of aromatic nitrogens is 2. The van der Waals surface area contributed by atoms with E-state index in [2.05, 4.69) is 15.3 Å². The highest BCUT2D eigenvalue weighted by Gasteiger charge is 2.09. The maximum Gasteiger partial charge on any atom is 0.187 e. The van der Waals surface area contributed by atoms with Gasteiger partial charge in [0.25, 0.3) is 0 Å². The van der Waals surface area contributed by atoms with Crippen molar-refractivity contribution in [3.05, 3.63) is 47.7 Å². The summed E-state index contributed by atoms with van der Waals surface area (Å²) >= 11 is 5.75. The highest BCUT2D eigenvalue weighted by Crippen LogP contribution is 2.20. The summed E-state index contributed by atoms with van der Waals surface area (Å²) in [4.78, 5) is 7.79. The predicted molar refractivity (Wildman–Crippen MR) is 70.6 cm³/mol. The molecule has 3 nitrogen and oxygen atoms in total. The molecule has 0 radical (unpaired) electrons. The van der Waals surface area contributed by atoms with E-state index in [1.165, 1.54) is 6.33 Å². The summed E-state index contributed by atoms with van der Waals surface area (Å²) in [6.45, 7) is 1.85. The molecular formula is C13H13ClFN3. The first-order valence-corrected chi connectivity index (χ1v) is 6.19. The van der Waals surface area contributed by atoms with Gasteiger partial charge in [0.1, 0.15) is 6.33 Å². The number of anilines is 2. The van der Waals surface area contributed by atoms with Gasteiger partial charge in [-0.1, -0.05) is 19.1 Å². The molecule has 0 spiro atoms. The molecule has 0 bridgehead atoms. The summed E-state index contributed by atoms with van der Waals surface area (Å²) < 4.78 is 13.9. The SMILES string of the molecule is CCc1ncnc(Nc2cccc(CCl)c2)c1F. The largest absolute Gasteiger partial charge is 0.338 e. The third-order valence-corrected chi connectivity index (χ3v) is 2.85. The van der Waals surface area contributed by atoms with Crippen LogP contribution in [0, 0.1) is 5.82 Å². The Morgan fingerprint density at radius 3 is 2.89 bits per heavy atom. The van der Waals surface area contributed by atoms with Crippen molar-refractivity contribution in [1.29, 1.82) is 0 Å². The molecule has 0 saturated heterocycles. The summed E-state index contributed by atoms with van der Waals surface area (Å²) in [7, 11) is 0. The van der Waals surface area contributed by atoms with E-state index in [1.54, 1.807) is 0 Å². The number of benzene rings is 1. The van der Waals surface area contributed by atoms with E-state index in [9.17, 15) is 4.39 Å². The highest BCUT2D eigenvalue weighted by molar-refractivity contribution is 6.17. The van der Waals surface area contributed by atoms with Crippen LogP contribution in [0.5, 0.6) is 0 Å². The van der Waals surface area contributed by atoms with Crippen LogP contribution in [0.2, 0.25) is 0 Å². The van der Waals surface area contributed by atoms with Crippen molar-refractivity contribution >= 4 is 23.1 Å². The molecule has 18 heavy (non-hydrogen) atoms. The molecule has 94 valence electrons.